The molecule has 6 nitrogen and oxygen atoms in total. The quantitative estimate of drug-likeness (QED) is 0.353. The predicted octanol–water partition coefficient (Wildman–Crippen LogP) is 2.34. The van der Waals surface area contributed by atoms with Crippen LogP contribution in [0.3, 0.4) is 0 Å². The molecule has 0 aliphatic heterocycles. The number of hydroxylamine groups is 1. The second kappa shape index (κ2) is 9.35. The summed E-state index contributed by atoms with van der Waals surface area (Å²) in [5.74, 6) is -3.49. The highest BCUT2D eigenvalue weighted by Gasteiger charge is 2.24. The molecule has 2 atom stereocenters. The summed E-state index contributed by atoms with van der Waals surface area (Å²) in [7, 11) is 0. The molecule has 0 bridgehead atoms. The molecule has 1 amide bonds. The molecule has 142 valence electrons. The van der Waals surface area contributed by atoms with Crippen molar-refractivity contribution in [1.82, 2.24) is 5.48 Å². The summed E-state index contributed by atoms with van der Waals surface area (Å²) < 4.78 is 42.6. The SMILES string of the molecule is O=C(NOC[C@H](O)CO)c1ccc(F)c(F)c1NC1=CC=C(I)CC1F. The van der Waals surface area contributed by atoms with Gasteiger partial charge in [-0.3, -0.25) is 9.63 Å². The van der Waals surface area contributed by atoms with Crippen LogP contribution in [-0.4, -0.2) is 41.6 Å². The highest BCUT2D eigenvalue weighted by molar-refractivity contribution is 14.1. The zero-order chi connectivity index (χ0) is 19.3. The van der Waals surface area contributed by atoms with Gasteiger partial charge in [0.15, 0.2) is 11.6 Å². The Morgan fingerprint density at radius 2 is 2.12 bits per heavy atom. The molecule has 4 N–H and O–H groups in total. The number of rotatable bonds is 7. The van der Waals surface area contributed by atoms with Crippen LogP contribution in [0.4, 0.5) is 18.9 Å². The van der Waals surface area contributed by atoms with Crippen LogP contribution in [0.25, 0.3) is 0 Å². The summed E-state index contributed by atoms with van der Waals surface area (Å²) in [6.07, 6.45) is 0.416. The van der Waals surface area contributed by atoms with E-state index in [9.17, 15) is 18.0 Å². The Morgan fingerprint density at radius 3 is 2.77 bits per heavy atom. The van der Waals surface area contributed by atoms with E-state index in [0.29, 0.717) is 0 Å². The first-order chi connectivity index (χ1) is 12.3. The summed E-state index contributed by atoms with van der Waals surface area (Å²) in [6, 6.07) is 1.77. The van der Waals surface area contributed by atoms with Crippen molar-refractivity contribution in [2.75, 3.05) is 18.5 Å². The van der Waals surface area contributed by atoms with Gasteiger partial charge < -0.3 is 15.5 Å². The van der Waals surface area contributed by atoms with Crippen LogP contribution in [0.15, 0.2) is 33.6 Å². The molecule has 26 heavy (non-hydrogen) atoms. The third-order valence-corrected chi connectivity index (χ3v) is 4.22. The van der Waals surface area contributed by atoms with Crippen LogP contribution >= 0.6 is 22.6 Å². The third kappa shape index (κ3) is 5.19. The van der Waals surface area contributed by atoms with E-state index in [1.165, 1.54) is 6.08 Å². The maximum atomic E-state index is 14.2. The van der Waals surface area contributed by atoms with Crippen LogP contribution in [0.2, 0.25) is 0 Å². The van der Waals surface area contributed by atoms with Crippen LogP contribution in [0.5, 0.6) is 0 Å². The lowest BCUT2D eigenvalue weighted by Crippen LogP contribution is -2.30. The molecule has 0 radical (unpaired) electrons. The van der Waals surface area contributed by atoms with Crippen LogP contribution in [-0.2, 0) is 4.84 Å². The molecule has 1 aromatic rings. The number of amides is 1. The molecule has 0 spiro atoms. The van der Waals surface area contributed by atoms with E-state index >= 15 is 0 Å². The van der Waals surface area contributed by atoms with Crippen molar-refractivity contribution >= 4 is 34.2 Å². The number of halogens is 4. The van der Waals surface area contributed by atoms with Gasteiger partial charge in [0, 0.05) is 6.42 Å². The Labute approximate surface area is 160 Å². The number of carbonyl (C=O) groups excluding carboxylic acids is 1. The van der Waals surface area contributed by atoms with Gasteiger partial charge in [0.05, 0.1) is 23.6 Å². The Morgan fingerprint density at radius 1 is 1.38 bits per heavy atom. The predicted molar refractivity (Wildman–Crippen MR) is 96.2 cm³/mol. The van der Waals surface area contributed by atoms with Crippen molar-refractivity contribution in [3.05, 3.63) is 50.8 Å². The normalized spacial score (nSPS) is 18.0. The van der Waals surface area contributed by atoms with E-state index in [1.807, 2.05) is 28.1 Å². The Balaban J connectivity index is 2.22. The van der Waals surface area contributed by atoms with E-state index in [1.54, 1.807) is 6.08 Å². The van der Waals surface area contributed by atoms with Gasteiger partial charge in [-0.05, 0) is 44.4 Å². The van der Waals surface area contributed by atoms with E-state index in [4.69, 9.17) is 15.1 Å². The molecule has 10 heteroatoms. The first-order valence-corrected chi connectivity index (χ1v) is 8.57. The van der Waals surface area contributed by atoms with Gasteiger partial charge in [-0.1, -0.05) is 6.08 Å². The lowest BCUT2D eigenvalue weighted by atomic mass is 10.1. The van der Waals surface area contributed by atoms with E-state index in [-0.39, 0.29) is 17.7 Å². The highest BCUT2D eigenvalue weighted by atomic mass is 127. The molecule has 2 rings (SSSR count). The Bertz CT molecular complexity index is 742. The van der Waals surface area contributed by atoms with Crippen molar-refractivity contribution < 1.29 is 33.0 Å². The second-order valence-corrected chi connectivity index (χ2v) is 6.78. The number of aliphatic hydroxyl groups excluding tert-OH is 2. The number of nitrogens with one attached hydrogen (secondary N) is 2. The molecule has 1 aromatic carbocycles. The second-order valence-electron chi connectivity index (χ2n) is 5.39. The van der Waals surface area contributed by atoms with Gasteiger partial charge in [0.25, 0.3) is 5.91 Å². The molecule has 1 aliphatic carbocycles. The number of benzene rings is 1. The van der Waals surface area contributed by atoms with Gasteiger partial charge in [-0.15, -0.1) is 0 Å². The van der Waals surface area contributed by atoms with E-state index in [2.05, 4.69) is 5.32 Å². The number of alkyl halides is 1. The highest BCUT2D eigenvalue weighted by Crippen LogP contribution is 2.30. The minimum atomic E-state index is -1.46. The summed E-state index contributed by atoms with van der Waals surface area (Å²) >= 11 is 1.96. The maximum absolute atomic E-state index is 14.2. The Kier molecular flexibility index (Phi) is 7.43. The molecular formula is C16H16F3IN2O4. The van der Waals surface area contributed by atoms with Crippen molar-refractivity contribution in [3.8, 4) is 0 Å². The number of hydrogen-bond acceptors (Lipinski definition) is 5. The first-order valence-electron chi connectivity index (χ1n) is 7.49. The number of aliphatic hydroxyl groups is 2. The van der Waals surface area contributed by atoms with Gasteiger partial charge in [0.2, 0.25) is 0 Å². The molecule has 1 unspecified atom stereocenters. The molecule has 0 aromatic heterocycles. The lowest BCUT2D eigenvalue weighted by Gasteiger charge is -2.20. The average molecular weight is 484 g/mol. The molecule has 1 aliphatic rings. The van der Waals surface area contributed by atoms with Gasteiger partial charge in [-0.2, -0.15) is 0 Å². The first kappa shape index (κ1) is 20.7. The smallest absolute Gasteiger partial charge is 0.277 e. The standard InChI is InChI=1S/C16H16F3IN2O4/c17-11-3-2-10(16(25)22-26-7-9(24)6-23)15(14(11)19)21-13-4-1-8(20)5-12(13)18/h1-4,9,12,21,23-24H,5-7H2,(H,22,25)/t9-,12?/m1/s1. The Hall–Kier alpha value is -1.63. The van der Waals surface area contributed by atoms with Crippen LogP contribution in [0.1, 0.15) is 16.8 Å². The summed E-state index contributed by atoms with van der Waals surface area (Å²) in [5, 5.41) is 20.2. The summed E-state index contributed by atoms with van der Waals surface area (Å²) in [4.78, 5) is 16.8. The van der Waals surface area contributed by atoms with Crippen molar-refractivity contribution in [3.63, 3.8) is 0 Å². The average Bonchev–Trinajstić information content (AvgIpc) is 2.60. The fourth-order valence-corrected chi connectivity index (χ4v) is 2.64. The summed E-state index contributed by atoms with van der Waals surface area (Å²) in [5.41, 5.74) is 1.07. The number of allylic oxidation sites excluding steroid dienone is 4. The zero-order valence-corrected chi connectivity index (χ0v) is 15.5. The molecule has 0 saturated carbocycles. The van der Waals surface area contributed by atoms with Gasteiger partial charge in [-0.25, -0.2) is 18.7 Å². The van der Waals surface area contributed by atoms with E-state index in [0.717, 1.165) is 15.7 Å². The van der Waals surface area contributed by atoms with Crippen LogP contribution < -0.4 is 10.8 Å². The lowest BCUT2D eigenvalue weighted by molar-refractivity contribution is -0.0295. The fourth-order valence-electron chi connectivity index (χ4n) is 2.07. The molecular weight excluding hydrogens is 468 g/mol. The molecule has 0 fully saturated rings. The monoisotopic (exact) mass is 484 g/mol. The van der Waals surface area contributed by atoms with Crippen molar-refractivity contribution in [2.24, 2.45) is 0 Å². The maximum Gasteiger partial charge on any atom is 0.277 e. The number of anilines is 1. The van der Waals surface area contributed by atoms with Gasteiger partial charge in [0.1, 0.15) is 18.9 Å². The van der Waals surface area contributed by atoms with Crippen molar-refractivity contribution in [1.29, 1.82) is 0 Å². The van der Waals surface area contributed by atoms with E-state index < -0.39 is 48.7 Å². The molecule has 0 saturated heterocycles. The minimum Gasteiger partial charge on any atom is -0.394 e. The molecule has 0 heterocycles. The largest absolute Gasteiger partial charge is 0.394 e. The van der Waals surface area contributed by atoms with Gasteiger partial charge >= 0.3 is 0 Å². The summed E-state index contributed by atoms with van der Waals surface area (Å²) in [6.45, 7) is -0.984. The zero-order valence-electron chi connectivity index (χ0n) is 13.3. The topological polar surface area (TPSA) is 90.8 Å². The fraction of sp³-hybridized carbons (Fsp3) is 0.312. The van der Waals surface area contributed by atoms with Crippen molar-refractivity contribution in [2.45, 2.75) is 18.7 Å². The number of carbonyl (C=O) groups is 1. The minimum absolute atomic E-state index is 0.0133. The third-order valence-electron chi connectivity index (χ3n) is 3.42. The van der Waals surface area contributed by atoms with Crippen LogP contribution in [0, 0.1) is 11.6 Å². The number of hydrogen-bond donors (Lipinski definition) is 4.